The summed E-state index contributed by atoms with van der Waals surface area (Å²) >= 11 is 8.25. The molecule has 2 rings (SSSR count). The number of nitrogens with one attached hydrogen (secondary N) is 1. The maximum absolute atomic E-state index is 12.1. The lowest BCUT2D eigenvalue weighted by molar-refractivity contribution is 0.0926. The summed E-state index contributed by atoms with van der Waals surface area (Å²) in [5.74, 6) is -0.0862. The van der Waals surface area contributed by atoms with Gasteiger partial charge in [-0.15, -0.1) is 0 Å². The van der Waals surface area contributed by atoms with E-state index in [1.807, 2.05) is 6.07 Å². The first kappa shape index (κ1) is 14.1. The van der Waals surface area contributed by atoms with Gasteiger partial charge in [-0.3, -0.25) is 4.79 Å². The standard InChI is InChI=1S/C13H16ClIN2O/c14-12-7-8(15)1-6-11(12)13(18)17-10-4-2-9(16)3-5-10/h1,6-7,9-10H,2-5,16H2,(H,17,18). The van der Waals surface area contributed by atoms with E-state index < -0.39 is 0 Å². The van der Waals surface area contributed by atoms with Gasteiger partial charge in [0.25, 0.3) is 5.91 Å². The molecule has 18 heavy (non-hydrogen) atoms. The van der Waals surface area contributed by atoms with Gasteiger partial charge in [0.1, 0.15) is 0 Å². The van der Waals surface area contributed by atoms with Gasteiger partial charge in [0.15, 0.2) is 0 Å². The number of nitrogens with two attached hydrogens (primary N) is 1. The number of carbonyl (C=O) groups is 1. The molecule has 1 aromatic rings. The van der Waals surface area contributed by atoms with E-state index in [1.54, 1.807) is 12.1 Å². The van der Waals surface area contributed by atoms with E-state index in [-0.39, 0.29) is 11.9 Å². The van der Waals surface area contributed by atoms with E-state index in [2.05, 4.69) is 27.9 Å². The van der Waals surface area contributed by atoms with Crippen LogP contribution in [0.4, 0.5) is 0 Å². The lowest BCUT2D eigenvalue weighted by Gasteiger charge is -2.26. The van der Waals surface area contributed by atoms with Crippen LogP contribution in [0.2, 0.25) is 5.02 Å². The highest BCUT2D eigenvalue weighted by molar-refractivity contribution is 14.1. The Hall–Kier alpha value is -0.330. The first-order chi connectivity index (χ1) is 8.56. The Morgan fingerprint density at radius 1 is 1.33 bits per heavy atom. The van der Waals surface area contributed by atoms with Crippen LogP contribution in [-0.4, -0.2) is 18.0 Å². The van der Waals surface area contributed by atoms with Crippen LogP contribution in [0.5, 0.6) is 0 Å². The van der Waals surface area contributed by atoms with Gasteiger partial charge < -0.3 is 11.1 Å². The highest BCUT2D eigenvalue weighted by Crippen LogP contribution is 2.21. The number of hydrogen-bond acceptors (Lipinski definition) is 2. The minimum atomic E-state index is -0.0862. The Morgan fingerprint density at radius 2 is 2.00 bits per heavy atom. The average Bonchev–Trinajstić information content (AvgIpc) is 2.32. The van der Waals surface area contributed by atoms with Gasteiger partial charge in [0.05, 0.1) is 10.6 Å². The summed E-state index contributed by atoms with van der Waals surface area (Å²) in [5, 5.41) is 3.54. The Labute approximate surface area is 126 Å². The molecule has 1 saturated carbocycles. The minimum Gasteiger partial charge on any atom is -0.349 e. The van der Waals surface area contributed by atoms with Crippen LogP contribution in [0.15, 0.2) is 18.2 Å². The zero-order valence-corrected chi connectivity index (χ0v) is 12.9. The van der Waals surface area contributed by atoms with Gasteiger partial charge in [-0.1, -0.05) is 11.6 Å². The number of benzene rings is 1. The first-order valence-electron chi connectivity index (χ1n) is 6.08. The zero-order valence-electron chi connectivity index (χ0n) is 9.96. The first-order valence-corrected chi connectivity index (χ1v) is 7.53. The highest BCUT2D eigenvalue weighted by Gasteiger charge is 2.21. The molecule has 1 amide bonds. The Morgan fingerprint density at radius 3 is 2.61 bits per heavy atom. The second-order valence-corrected chi connectivity index (χ2v) is 6.36. The van der Waals surface area contributed by atoms with Gasteiger partial charge in [0.2, 0.25) is 0 Å². The van der Waals surface area contributed by atoms with Crippen LogP contribution in [-0.2, 0) is 0 Å². The van der Waals surface area contributed by atoms with Crippen molar-refractivity contribution in [3.8, 4) is 0 Å². The predicted molar refractivity (Wildman–Crippen MR) is 81.9 cm³/mol. The van der Waals surface area contributed by atoms with Crippen molar-refractivity contribution in [2.45, 2.75) is 37.8 Å². The molecule has 0 spiro atoms. The number of hydrogen-bond donors (Lipinski definition) is 2. The second kappa shape index (κ2) is 6.21. The molecule has 0 aromatic heterocycles. The summed E-state index contributed by atoms with van der Waals surface area (Å²) in [6.45, 7) is 0. The predicted octanol–water partition coefficient (Wildman–Crippen LogP) is 2.94. The van der Waals surface area contributed by atoms with Gasteiger partial charge in [-0.25, -0.2) is 0 Å². The fraction of sp³-hybridized carbons (Fsp3) is 0.462. The van der Waals surface area contributed by atoms with Crippen LogP contribution in [0, 0.1) is 3.57 Å². The molecule has 1 aliphatic rings. The molecule has 3 nitrogen and oxygen atoms in total. The molecule has 0 saturated heterocycles. The lowest BCUT2D eigenvalue weighted by atomic mass is 9.91. The van der Waals surface area contributed by atoms with Crippen molar-refractivity contribution in [2.75, 3.05) is 0 Å². The molecule has 1 fully saturated rings. The van der Waals surface area contributed by atoms with Crippen LogP contribution in [0.1, 0.15) is 36.0 Å². The molecule has 98 valence electrons. The SMILES string of the molecule is NC1CCC(NC(=O)c2ccc(I)cc2Cl)CC1. The number of amides is 1. The van der Waals surface area contributed by atoms with E-state index in [0.717, 1.165) is 29.3 Å². The topological polar surface area (TPSA) is 55.1 Å². The molecule has 0 heterocycles. The number of halogens is 2. The second-order valence-electron chi connectivity index (χ2n) is 4.71. The Bertz CT molecular complexity index is 445. The molecule has 0 bridgehead atoms. The summed E-state index contributed by atoms with van der Waals surface area (Å²) < 4.78 is 1.03. The summed E-state index contributed by atoms with van der Waals surface area (Å²) in [6.07, 6.45) is 3.86. The summed E-state index contributed by atoms with van der Waals surface area (Å²) in [6, 6.07) is 5.98. The average molecular weight is 379 g/mol. The monoisotopic (exact) mass is 378 g/mol. The molecular weight excluding hydrogens is 363 g/mol. The van der Waals surface area contributed by atoms with Crippen molar-refractivity contribution in [3.63, 3.8) is 0 Å². The van der Waals surface area contributed by atoms with Crippen molar-refractivity contribution in [2.24, 2.45) is 5.73 Å². The molecule has 3 N–H and O–H groups in total. The van der Waals surface area contributed by atoms with Crippen molar-refractivity contribution in [3.05, 3.63) is 32.4 Å². The highest BCUT2D eigenvalue weighted by atomic mass is 127. The fourth-order valence-corrected chi connectivity index (χ4v) is 3.14. The smallest absolute Gasteiger partial charge is 0.253 e. The van der Waals surface area contributed by atoms with Gasteiger partial charge in [-0.2, -0.15) is 0 Å². The molecule has 0 aliphatic heterocycles. The minimum absolute atomic E-state index is 0.0862. The Kier molecular flexibility index (Phi) is 4.86. The van der Waals surface area contributed by atoms with E-state index in [0.29, 0.717) is 16.6 Å². The van der Waals surface area contributed by atoms with Gasteiger partial charge in [0, 0.05) is 15.7 Å². The van der Waals surface area contributed by atoms with Crippen LogP contribution in [0.3, 0.4) is 0 Å². The molecule has 0 radical (unpaired) electrons. The van der Waals surface area contributed by atoms with Crippen LogP contribution >= 0.6 is 34.2 Å². The molecule has 0 unspecified atom stereocenters. The van der Waals surface area contributed by atoms with Gasteiger partial charge in [-0.05, 0) is 66.5 Å². The maximum Gasteiger partial charge on any atom is 0.253 e. The largest absolute Gasteiger partial charge is 0.349 e. The molecular formula is C13H16ClIN2O. The van der Waals surface area contributed by atoms with Crippen molar-refractivity contribution in [1.82, 2.24) is 5.32 Å². The molecule has 1 aliphatic carbocycles. The van der Waals surface area contributed by atoms with E-state index in [4.69, 9.17) is 17.3 Å². The zero-order chi connectivity index (χ0) is 13.1. The third-order valence-electron chi connectivity index (χ3n) is 3.28. The Balaban J connectivity index is 1.99. The van der Waals surface area contributed by atoms with E-state index >= 15 is 0 Å². The van der Waals surface area contributed by atoms with Crippen molar-refractivity contribution in [1.29, 1.82) is 0 Å². The summed E-state index contributed by atoms with van der Waals surface area (Å²) in [7, 11) is 0. The molecule has 0 atom stereocenters. The normalized spacial score (nSPS) is 23.7. The van der Waals surface area contributed by atoms with Crippen LogP contribution in [0.25, 0.3) is 0 Å². The molecule has 5 heteroatoms. The maximum atomic E-state index is 12.1. The third-order valence-corrected chi connectivity index (χ3v) is 4.27. The number of carbonyl (C=O) groups excluding carboxylic acids is 1. The lowest BCUT2D eigenvalue weighted by Crippen LogP contribution is -2.40. The quantitative estimate of drug-likeness (QED) is 0.778. The molecule has 1 aromatic carbocycles. The third kappa shape index (κ3) is 3.59. The van der Waals surface area contributed by atoms with Crippen LogP contribution < -0.4 is 11.1 Å². The fourth-order valence-electron chi connectivity index (χ4n) is 2.20. The van der Waals surface area contributed by atoms with E-state index in [9.17, 15) is 4.79 Å². The summed E-state index contributed by atoms with van der Waals surface area (Å²) in [5.41, 5.74) is 6.39. The van der Waals surface area contributed by atoms with Gasteiger partial charge >= 0.3 is 0 Å². The van der Waals surface area contributed by atoms with Crippen molar-refractivity contribution >= 4 is 40.1 Å². The van der Waals surface area contributed by atoms with Crippen molar-refractivity contribution < 1.29 is 4.79 Å². The summed E-state index contributed by atoms with van der Waals surface area (Å²) in [4.78, 5) is 12.1. The number of rotatable bonds is 2. The van der Waals surface area contributed by atoms with E-state index in [1.165, 1.54) is 0 Å².